The molecule has 0 amide bonds. The highest BCUT2D eigenvalue weighted by atomic mass is 16.1. The van der Waals surface area contributed by atoms with Crippen molar-refractivity contribution in [3.63, 3.8) is 0 Å². The molecule has 0 spiro atoms. The highest BCUT2D eigenvalue weighted by Gasteiger charge is 2.42. The quantitative estimate of drug-likeness (QED) is 0.362. The molecule has 1 N–H and O–H groups in total. The molecule has 10 nitrogen and oxygen atoms in total. The third-order valence-electron chi connectivity index (χ3n) is 7.88. The molecule has 0 unspecified atom stereocenters. The van der Waals surface area contributed by atoms with Gasteiger partial charge in [-0.05, 0) is 36.6 Å². The number of aromatic nitrogens is 4. The molecule has 11 heteroatoms. The second-order valence-corrected chi connectivity index (χ2v) is 10.8. The summed E-state index contributed by atoms with van der Waals surface area (Å²) in [7, 11) is 3.40. The number of nitriles is 1. The van der Waals surface area contributed by atoms with Gasteiger partial charge in [0.05, 0.1) is 11.3 Å². The molecule has 1 aliphatic carbocycles. The number of carbonyl (C=O) groups excluding carboxylic acids is 1. The van der Waals surface area contributed by atoms with Gasteiger partial charge in [-0.3, -0.25) is 14.5 Å². The summed E-state index contributed by atoms with van der Waals surface area (Å²) in [6.07, 6.45) is 7.03. The van der Waals surface area contributed by atoms with Crippen LogP contribution in [-0.2, 0) is 17.3 Å². The largest absolute Gasteiger partial charge is 0.410 e. The highest BCUT2D eigenvalue weighted by Crippen LogP contribution is 2.45. The number of hydrogen-bond acceptors (Lipinski definition) is 9. The molecule has 1 radical (unpaired) electrons. The zero-order valence-corrected chi connectivity index (χ0v) is 21.8. The molecule has 1 saturated heterocycles. The van der Waals surface area contributed by atoms with Crippen molar-refractivity contribution >= 4 is 31.1 Å². The Bertz CT molecular complexity index is 1390. The SMILES string of the molecule is Cn1ccc(Nc2nccc(-c3cc(C#N)c4c(c3)[C@@](C)(CN3CCN(C5CC5)CC3)CN4[B]C=O)n2)n1. The van der Waals surface area contributed by atoms with E-state index in [4.69, 9.17) is 4.98 Å². The summed E-state index contributed by atoms with van der Waals surface area (Å²) >= 11 is 0. The van der Waals surface area contributed by atoms with Crippen molar-refractivity contribution in [1.82, 2.24) is 29.5 Å². The van der Waals surface area contributed by atoms with Gasteiger partial charge in [0, 0.05) is 87.5 Å². The van der Waals surface area contributed by atoms with E-state index in [2.05, 4.69) is 44.3 Å². The third-order valence-corrected chi connectivity index (χ3v) is 7.88. The van der Waals surface area contributed by atoms with Crippen LogP contribution in [0.25, 0.3) is 11.3 Å². The molecule has 38 heavy (non-hydrogen) atoms. The van der Waals surface area contributed by atoms with Crippen LogP contribution in [0.5, 0.6) is 0 Å². The Labute approximate surface area is 223 Å². The molecule has 0 bridgehead atoms. The number of rotatable bonds is 8. The van der Waals surface area contributed by atoms with Crippen LogP contribution in [0, 0.1) is 11.3 Å². The van der Waals surface area contributed by atoms with Crippen LogP contribution in [-0.4, -0.2) is 88.5 Å². The minimum atomic E-state index is -0.250. The van der Waals surface area contributed by atoms with Gasteiger partial charge in [-0.2, -0.15) is 10.4 Å². The third kappa shape index (κ3) is 4.77. The first kappa shape index (κ1) is 24.6. The fourth-order valence-corrected chi connectivity index (χ4v) is 5.91. The van der Waals surface area contributed by atoms with E-state index in [-0.39, 0.29) is 5.41 Å². The van der Waals surface area contributed by atoms with E-state index in [1.54, 1.807) is 18.3 Å². The predicted octanol–water partition coefficient (Wildman–Crippen LogP) is 2.16. The molecule has 3 aliphatic rings. The average Bonchev–Trinajstić information content (AvgIpc) is 3.63. The van der Waals surface area contributed by atoms with Gasteiger partial charge in [0.15, 0.2) is 5.82 Å². The Balaban J connectivity index is 1.32. The van der Waals surface area contributed by atoms with Gasteiger partial charge in [0.25, 0.3) is 0 Å². The molecule has 193 valence electrons. The van der Waals surface area contributed by atoms with Crippen LogP contribution in [0.15, 0.2) is 36.7 Å². The van der Waals surface area contributed by atoms with E-state index in [1.807, 2.05) is 36.3 Å². The molecule has 6 rings (SSSR count). The summed E-state index contributed by atoms with van der Waals surface area (Å²) in [6, 6.07) is 10.9. The maximum atomic E-state index is 11.5. The zero-order valence-electron chi connectivity index (χ0n) is 21.8. The van der Waals surface area contributed by atoms with Gasteiger partial charge >= 0.3 is 7.41 Å². The van der Waals surface area contributed by atoms with E-state index in [9.17, 15) is 10.1 Å². The molecule has 2 fully saturated rings. The number of piperazine rings is 1. The van der Waals surface area contributed by atoms with Gasteiger partial charge in [-0.15, -0.1) is 0 Å². The molecule has 4 heterocycles. The van der Waals surface area contributed by atoms with E-state index in [0.29, 0.717) is 23.9 Å². The Morgan fingerprint density at radius 2 is 2.05 bits per heavy atom. The van der Waals surface area contributed by atoms with Gasteiger partial charge in [-0.25, -0.2) is 9.97 Å². The number of fused-ring (bicyclic) bond motifs is 1. The molecular formula is C27H31BN9O. The minimum absolute atomic E-state index is 0.250. The molecule has 1 atom stereocenters. The first-order chi connectivity index (χ1) is 18.5. The lowest BCUT2D eigenvalue weighted by Gasteiger charge is -2.39. The summed E-state index contributed by atoms with van der Waals surface area (Å²) in [4.78, 5) is 27.7. The van der Waals surface area contributed by atoms with Crippen LogP contribution in [0.3, 0.4) is 0 Å². The van der Waals surface area contributed by atoms with E-state index < -0.39 is 0 Å². The normalized spacial score (nSPS) is 21.7. The minimum Gasteiger partial charge on any atom is -0.410 e. The van der Waals surface area contributed by atoms with Crippen LogP contribution in [0.4, 0.5) is 17.5 Å². The maximum absolute atomic E-state index is 11.5. The second kappa shape index (κ2) is 9.85. The summed E-state index contributed by atoms with van der Waals surface area (Å²) in [5.74, 6) is 1.10. The predicted molar refractivity (Wildman–Crippen MR) is 147 cm³/mol. The maximum Gasteiger partial charge on any atom is 0.329 e. The van der Waals surface area contributed by atoms with Crippen molar-refractivity contribution in [1.29, 1.82) is 5.26 Å². The van der Waals surface area contributed by atoms with Gasteiger partial charge < -0.3 is 14.9 Å². The number of nitrogens with zero attached hydrogens (tertiary/aromatic N) is 8. The lowest BCUT2D eigenvalue weighted by molar-refractivity contribution is 0.110. The fraction of sp³-hybridized carbons (Fsp3) is 0.444. The van der Waals surface area contributed by atoms with E-state index in [1.165, 1.54) is 12.8 Å². The Hall–Kier alpha value is -3.75. The van der Waals surface area contributed by atoms with Crippen molar-refractivity contribution in [2.45, 2.75) is 31.2 Å². The van der Waals surface area contributed by atoms with Crippen LogP contribution in [0.1, 0.15) is 30.9 Å². The topological polar surface area (TPSA) is 106 Å². The molecule has 2 aliphatic heterocycles. The van der Waals surface area contributed by atoms with Crippen LogP contribution in [0.2, 0.25) is 0 Å². The Morgan fingerprint density at radius 3 is 2.74 bits per heavy atom. The Morgan fingerprint density at radius 1 is 1.24 bits per heavy atom. The highest BCUT2D eigenvalue weighted by molar-refractivity contribution is 6.70. The molecule has 1 aromatic carbocycles. The van der Waals surface area contributed by atoms with Crippen molar-refractivity contribution in [2.75, 3.05) is 49.4 Å². The average molecular weight is 508 g/mol. The number of hydrogen-bond donors (Lipinski definition) is 1. The van der Waals surface area contributed by atoms with Gasteiger partial charge in [0.2, 0.25) is 5.95 Å². The summed E-state index contributed by atoms with van der Waals surface area (Å²) < 4.78 is 1.71. The number of carbonyl (C=O) groups is 1. The number of anilines is 3. The first-order valence-electron chi connectivity index (χ1n) is 13.2. The fourth-order valence-electron chi connectivity index (χ4n) is 5.91. The smallest absolute Gasteiger partial charge is 0.329 e. The molecule has 1 saturated carbocycles. The van der Waals surface area contributed by atoms with Gasteiger partial charge in [0.1, 0.15) is 12.3 Å². The summed E-state index contributed by atoms with van der Waals surface area (Å²) in [5, 5.41) is 17.6. The molecule has 3 aromatic rings. The second-order valence-electron chi connectivity index (χ2n) is 10.8. The van der Waals surface area contributed by atoms with Crippen LogP contribution < -0.4 is 10.1 Å². The number of benzene rings is 1. The Kier molecular flexibility index (Phi) is 6.37. The lowest BCUT2D eigenvalue weighted by Crippen LogP contribution is -2.51. The lowest BCUT2D eigenvalue weighted by atomic mass is 9.81. The standard InChI is InChI=1S/C27H31BN9O/c1-27(16-35-9-11-36(12-10-35)21-3-4-21)17-37(28-18-38)25-20(15-29)13-19(14-22(25)27)23-5-7-30-26(31-23)32-24-6-8-34(2)33-24/h5-8,13-14,18,21H,3-4,9-12,16-17H2,1-2H3,(H,30,31,32,33)/t27-/m0/s1. The molecular weight excluding hydrogens is 477 g/mol. The van der Waals surface area contributed by atoms with Crippen molar-refractivity contribution in [3.8, 4) is 17.3 Å². The van der Waals surface area contributed by atoms with Crippen molar-refractivity contribution < 1.29 is 4.79 Å². The van der Waals surface area contributed by atoms with E-state index >= 15 is 0 Å². The van der Waals surface area contributed by atoms with Crippen molar-refractivity contribution in [3.05, 3.63) is 47.8 Å². The molecule has 2 aromatic heterocycles. The summed E-state index contributed by atoms with van der Waals surface area (Å²) in [6.45, 7) is 8.06. The first-order valence-corrected chi connectivity index (χ1v) is 13.2. The van der Waals surface area contributed by atoms with E-state index in [0.717, 1.165) is 67.5 Å². The number of aryl methyl sites for hydroxylation is 1. The van der Waals surface area contributed by atoms with Gasteiger partial charge in [-0.1, -0.05) is 6.92 Å². The van der Waals surface area contributed by atoms with Crippen molar-refractivity contribution in [2.24, 2.45) is 7.05 Å². The monoisotopic (exact) mass is 508 g/mol. The zero-order chi connectivity index (χ0) is 26.3. The van der Waals surface area contributed by atoms with Crippen LogP contribution >= 0.6 is 0 Å². The summed E-state index contributed by atoms with van der Waals surface area (Å²) in [5.41, 5.74) is 3.76. The number of nitrogens with one attached hydrogen (secondary N) is 1.